The summed E-state index contributed by atoms with van der Waals surface area (Å²) >= 11 is 0. The zero-order valence-corrected chi connectivity index (χ0v) is 15.3. The van der Waals surface area contributed by atoms with Crippen molar-refractivity contribution in [3.8, 4) is 34.3 Å². The topological polar surface area (TPSA) is 104 Å². The lowest BCUT2D eigenvalue weighted by atomic mass is 10.1. The molecule has 0 N–H and O–H groups in total. The van der Waals surface area contributed by atoms with E-state index in [-0.39, 0.29) is 11.6 Å². The highest BCUT2D eigenvalue weighted by molar-refractivity contribution is 5.71. The zero-order chi connectivity index (χ0) is 19.6. The number of aromatic nitrogens is 2. The predicted molar refractivity (Wildman–Crippen MR) is 99.3 cm³/mol. The summed E-state index contributed by atoms with van der Waals surface area (Å²) in [6, 6.07) is 10.0. The Labute approximate surface area is 155 Å². The summed E-state index contributed by atoms with van der Waals surface area (Å²) in [5, 5.41) is 15.3. The van der Waals surface area contributed by atoms with E-state index in [0.29, 0.717) is 34.1 Å². The molecule has 0 saturated heterocycles. The molecule has 0 radical (unpaired) electrons. The van der Waals surface area contributed by atoms with Crippen molar-refractivity contribution in [3.63, 3.8) is 0 Å². The van der Waals surface area contributed by atoms with E-state index in [1.807, 2.05) is 0 Å². The fourth-order valence-electron chi connectivity index (χ4n) is 2.61. The fourth-order valence-corrected chi connectivity index (χ4v) is 2.61. The van der Waals surface area contributed by atoms with Crippen molar-refractivity contribution in [1.29, 1.82) is 0 Å². The first kappa shape index (κ1) is 18.2. The van der Waals surface area contributed by atoms with Gasteiger partial charge in [0, 0.05) is 31.3 Å². The first-order valence-corrected chi connectivity index (χ1v) is 7.97. The molecule has 27 heavy (non-hydrogen) atoms. The summed E-state index contributed by atoms with van der Waals surface area (Å²) in [6.45, 7) is 0. The normalized spacial score (nSPS) is 10.5. The number of rotatable bonds is 6. The average molecular weight is 370 g/mol. The van der Waals surface area contributed by atoms with E-state index in [9.17, 15) is 10.1 Å². The van der Waals surface area contributed by atoms with Crippen LogP contribution in [0.15, 0.2) is 40.9 Å². The van der Waals surface area contributed by atoms with E-state index in [1.54, 1.807) is 56.4 Å². The SMILES string of the molecule is COc1ccc(-c2noc(-c3ccc(N(C)C)c([N+](=O)[O-])c3)n2)cc1OC. The smallest absolute Gasteiger partial charge is 0.293 e. The number of nitrogens with zero attached hydrogens (tertiary/aromatic N) is 4. The van der Waals surface area contributed by atoms with Crippen LogP contribution in [0.25, 0.3) is 22.8 Å². The summed E-state index contributed by atoms with van der Waals surface area (Å²) < 4.78 is 15.8. The molecular formula is C18H18N4O5. The zero-order valence-electron chi connectivity index (χ0n) is 15.3. The molecule has 9 nitrogen and oxygen atoms in total. The van der Waals surface area contributed by atoms with Crippen LogP contribution in [0.5, 0.6) is 11.5 Å². The van der Waals surface area contributed by atoms with Crippen LogP contribution in [0.3, 0.4) is 0 Å². The maximum absolute atomic E-state index is 11.4. The molecule has 0 unspecified atom stereocenters. The van der Waals surface area contributed by atoms with Crippen LogP contribution < -0.4 is 14.4 Å². The third-order valence-corrected chi connectivity index (χ3v) is 3.97. The molecule has 0 bridgehead atoms. The number of benzene rings is 2. The number of anilines is 1. The highest BCUT2D eigenvalue weighted by Gasteiger charge is 2.20. The molecule has 1 heterocycles. The summed E-state index contributed by atoms with van der Waals surface area (Å²) in [6.07, 6.45) is 0. The van der Waals surface area contributed by atoms with E-state index in [1.165, 1.54) is 13.2 Å². The molecule has 0 aliphatic rings. The summed E-state index contributed by atoms with van der Waals surface area (Å²) in [5.74, 6) is 1.64. The largest absolute Gasteiger partial charge is 0.493 e. The Bertz CT molecular complexity index is 984. The van der Waals surface area contributed by atoms with Crippen molar-refractivity contribution >= 4 is 11.4 Å². The minimum absolute atomic E-state index is 0.0385. The van der Waals surface area contributed by atoms with Crippen LogP contribution >= 0.6 is 0 Å². The molecule has 9 heteroatoms. The Morgan fingerprint density at radius 1 is 1.04 bits per heavy atom. The molecule has 1 aromatic heterocycles. The van der Waals surface area contributed by atoms with Crippen LogP contribution in [0.4, 0.5) is 11.4 Å². The van der Waals surface area contributed by atoms with Crippen LogP contribution in [-0.2, 0) is 0 Å². The molecule has 0 aliphatic carbocycles. The third-order valence-electron chi connectivity index (χ3n) is 3.97. The monoisotopic (exact) mass is 370 g/mol. The Hall–Kier alpha value is -3.62. The molecule has 3 aromatic rings. The van der Waals surface area contributed by atoms with Gasteiger partial charge in [-0.1, -0.05) is 5.16 Å². The fraction of sp³-hybridized carbons (Fsp3) is 0.222. The van der Waals surface area contributed by atoms with Gasteiger partial charge in [0.1, 0.15) is 5.69 Å². The molecule has 0 atom stereocenters. The molecule has 0 aliphatic heterocycles. The number of hydrogen-bond acceptors (Lipinski definition) is 8. The van der Waals surface area contributed by atoms with Crippen molar-refractivity contribution in [2.24, 2.45) is 0 Å². The Kier molecular flexibility index (Phi) is 4.93. The molecule has 140 valence electrons. The van der Waals surface area contributed by atoms with E-state index in [2.05, 4.69) is 10.1 Å². The lowest BCUT2D eigenvalue weighted by Gasteiger charge is -2.12. The van der Waals surface area contributed by atoms with Gasteiger partial charge in [-0.25, -0.2) is 0 Å². The Morgan fingerprint density at radius 2 is 1.74 bits per heavy atom. The van der Waals surface area contributed by atoms with Crippen molar-refractivity contribution in [1.82, 2.24) is 10.1 Å². The summed E-state index contributed by atoms with van der Waals surface area (Å²) in [4.78, 5) is 16.9. The molecule has 0 fully saturated rings. The second-order valence-corrected chi connectivity index (χ2v) is 5.85. The number of nitro benzene ring substituents is 1. The van der Waals surface area contributed by atoms with Gasteiger partial charge >= 0.3 is 0 Å². The number of hydrogen-bond donors (Lipinski definition) is 0. The summed E-state index contributed by atoms with van der Waals surface area (Å²) in [7, 11) is 6.57. The van der Waals surface area contributed by atoms with Gasteiger partial charge in [-0.15, -0.1) is 0 Å². The van der Waals surface area contributed by atoms with Crippen LogP contribution in [0, 0.1) is 10.1 Å². The van der Waals surface area contributed by atoms with Crippen molar-refractivity contribution < 1.29 is 18.9 Å². The van der Waals surface area contributed by atoms with E-state index < -0.39 is 4.92 Å². The first-order chi connectivity index (χ1) is 12.9. The van der Waals surface area contributed by atoms with Gasteiger partial charge in [0.15, 0.2) is 11.5 Å². The van der Waals surface area contributed by atoms with Crippen LogP contribution in [0.2, 0.25) is 0 Å². The second-order valence-electron chi connectivity index (χ2n) is 5.85. The van der Waals surface area contributed by atoms with Gasteiger partial charge in [0.25, 0.3) is 11.6 Å². The molecule has 3 rings (SSSR count). The maximum atomic E-state index is 11.4. The lowest BCUT2D eigenvalue weighted by molar-refractivity contribution is -0.384. The van der Waals surface area contributed by atoms with Gasteiger partial charge in [-0.2, -0.15) is 4.98 Å². The number of nitro groups is 1. The van der Waals surface area contributed by atoms with Crippen LogP contribution in [-0.4, -0.2) is 43.4 Å². The lowest BCUT2D eigenvalue weighted by Crippen LogP contribution is -2.10. The molecule has 2 aromatic carbocycles. The van der Waals surface area contributed by atoms with Crippen molar-refractivity contribution in [2.75, 3.05) is 33.2 Å². The van der Waals surface area contributed by atoms with Crippen molar-refractivity contribution in [2.45, 2.75) is 0 Å². The minimum Gasteiger partial charge on any atom is -0.493 e. The Morgan fingerprint density at radius 3 is 2.37 bits per heavy atom. The van der Waals surface area contributed by atoms with E-state index in [4.69, 9.17) is 14.0 Å². The molecular weight excluding hydrogens is 352 g/mol. The first-order valence-electron chi connectivity index (χ1n) is 7.97. The molecule has 0 amide bonds. The minimum atomic E-state index is -0.440. The second kappa shape index (κ2) is 7.32. The number of methoxy groups -OCH3 is 2. The van der Waals surface area contributed by atoms with Gasteiger partial charge < -0.3 is 18.9 Å². The summed E-state index contributed by atoms with van der Waals surface area (Å²) in [5.41, 5.74) is 1.58. The van der Waals surface area contributed by atoms with E-state index >= 15 is 0 Å². The van der Waals surface area contributed by atoms with Gasteiger partial charge in [-0.3, -0.25) is 10.1 Å². The van der Waals surface area contributed by atoms with Gasteiger partial charge in [-0.05, 0) is 30.3 Å². The van der Waals surface area contributed by atoms with Gasteiger partial charge in [0.2, 0.25) is 5.82 Å². The molecule has 0 spiro atoms. The maximum Gasteiger partial charge on any atom is 0.293 e. The third kappa shape index (κ3) is 3.52. The highest BCUT2D eigenvalue weighted by Crippen LogP contribution is 2.34. The molecule has 0 saturated carbocycles. The van der Waals surface area contributed by atoms with Gasteiger partial charge in [0.05, 0.1) is 19.1 Å². The van der Waals surface area contributed by atoms with Crippen LogP contribution in [0.1, 0.15) is 0 Å². The van der Waals surface area contributed by atoms with E-state index in [0.717, 1.165) is 0 Å². The van der Waals surface area contributed by atoms with Crippen molar-refractivity contribution in [3.05, 3.63) is 46.5 Å². The quantitative estimate of drug-likeness (QED) is 0.480. The Balaban J connectivity index is 1.99. The highest BCUT2D eigenvalue weighted by atomic mass is 16.6. The average Bonchev–Trinajstić information content (AvgIpc) is 3.17. The standard InChI is InChI=1S/C18H18N4O5/c1-21(2)13-7-5-12(9-14(13)22(23)24)18-19-17(20-27-18)11-6-8-15(25-3)16(10-11)26-4/h5-10H,1-4H3. The number of ether oxygens (including phenoxy) is 2. The predicted octanol–water partition coefficient (Wildman–Crippen LogP) is 3.40.